The lowest BCUT2D eigenvalue weighted by atomic mass is 9.99. The Labute approximate surface area is 153 Å². The van der Waals surface area contributed by atoms with Crippen LogP contribution in [0, 0.1) is 0 Å². The third-order valence-electron chi connectivity index (χ3n) is 5.61. The van der Waals surface area contributed by atoms with Crippen molar-refractivity contribution in [3.63, 3.8) is 0 Å². The highest BCUT2D eigenvalue weighted by atomic mass is 16.3. The van der Waals surface area contributed by atoms with Crippen molar-refractivity contribution >= 4 is 27.6 Å². The van der Waals surface area contributed by atoms with E-state index in [-0.39, 0.29) is 0 Å². The van der Waals surface area contributed by atoms with Crippen LogP contribution >= 0.6 is 0 Å². The maximum absolute atomic E-state index is 5.97. The fourth-order valence-electron chi connectivity index (χ4n) is 4.23. The van der Waals surface area contributed by atoms with Gasteiger partial charge in [-0.1, -0.05) is 48.5 Å². The topological polar surface area (TPSA) is 28.4 Å². The van der Waals surface area contributed by atoms with Gasteiger partial charge in [0.25, 0.3) is 0 Å². The Kier molecular flexibility index (Phi) is 3.68. The van der Waals surface area contributed by atoms with Crippen LogP contribution in [0.15, 0.2) is 77.2 Å². The molecule has 3 aromatic carbocycles. The largest absolute Gasteiger partial charge is 0.456 e. The highest BCUT2D eigenvalue weighted by Crippen LogP contribution is 2.35. The Bertz CT molecular complexity index is 1050. The summed E-state index contributed by atoms with van der Waals surface area (Å²) in [6.07, 6.45) is 1.14. The fraction of sp³-hybridized carbons (Fsp3) is 0.217. The quantitative estimate of drug-likeness (QED) is 0.560. The summed E-state index contributed by atoms with van der Waals surface area (Å²) in [6.45, 7) is 1.05. The summed E-state index contributed by atoms with van der Waals surface area (Å²) >= 11 is 0. The van der Waals surface area contributed by atoms with Crippen molar-refractivity contribution in [3.05, 3.63) is 78.4 Å². The number of anilines is 1. The van der Waals surface area contributed by atoms with Gasteiger partial charge in [0.1, 0.15) is 11.2 Å². The van der Waals surface area contributed by atoms with E-state index in [1.165, 1.54) is 22.0 Å². The van der Waals surface area contributed by atoms with Crippen molar-refractivity contribution in [2.75, 3.05) is 18.5 Å². The predicted octanol–water partition coefficient (Wildman–Crippen LogP) is 5.13. The smallest absolute Gasteiger partial charge is 0.135 e. The second kappa shape index (κ2) is 6.19. The van der Waals surface area contributed by atoms with E-state index >= 15 is 0 Å². The number of hydrogen-bond acceptors (Lipinski definition) is 3. The maximum Gasteiger partial charge on any atom is 0.135 e. The molecule has 0 aliphatic carbocycles. The summed E-state index contributed by atoms with van der Waals surface area (Å²) in [4.78, 5) is 2.42. The molecule has 130 valence electrons. The lowest BCUT2D eigenvalue weighted by Gasteiger charge is -2.31. The molecule has 5 rings (SSSR count). The molecular formula is C23H22N2O. The molecule has 0 bridgehead atoms. The maximum atomic E-state index is 5.97. The van der Waals surface area contributed by atoms with E-state index in [0.717, 1.165) is 24.1 Å². The van der Waals surface area contributed by atoms with Crippen LogP contribution < -0.4 is 10.2 Å². The summed E-state index contributed by atoms with van der Waals surface area (Å²) in [7, 11) is 2.21. The van der Waals surface area contributed by atoms with E-state index < -0.39 is 0 Å². The van der Waals surface area contributed by atoms with Gasteiger partial charge in [-0.25, -0.2) is 0 Å². The number of nitrogens with one attached hydrogen (secondary N) is 1. The average Bonchev–Trinajstić information content (AvgIpc) is 3.32. The molecule has 1 fully saturated rings. The average molecular weight is 342 g/mol. The van der Waals surface area contributed by atoms with E-state index in [4.69, 9.17) is 4.42 Å². The summed E-state index contributed by atoms with van der Waals surface area (Å²) in [5, 5.41) is 6.04. The number of nitrogens with zero attached hydrogens (tertiary/aromatic N) is 1. The lowest BCUT2D eigenvalue weighted by Crippen LogP contribution is -2.36. The molecule has 1 saturated heterocycles. The number of para-hydroxylation sites is 1. The predicted molar refractivity (Wildman–Crippen MR) is 108 cm³/mol. The number of benzene rings is 3. The molecule has 1 aliphatic heterocycles. The molecule has 1 aromatic heterocycles. The first-order valence-corrected chi connectivity index (χ1v) is 9.24. The van der Waals surface area contributed by atoms with Crippen LogP contribution in [0.5, 0.6) is 0 Å². The minimum absolute atomic E-state index is 0.359. The minimum atomic E-state index is 0.359. The first-order chi connectivity index (χ1) is 12.8. The van der Waals surface area contributed by atoms with Crippen LogP contribution in [0.1, 0.15) is 18.0 Å². The second-order valence-corrected chi connectivity index (χ2v) is 7.09. The molecule has 3 nitrogen and oxygen atoms in total. The van der Waals surface area contributed by atoms with Crippen molar-refractivity contribution < 1.29 is 4.42 Å². The summed E-state index contributed by atoms with van der Waals surface area (Å²) in [6, 6.07) is 26.3. The van der Waals surface area contributed by atoms with Gasteiger partial charge in [0.15, 0.2) is 0 Å². The van der Waals surface area contributed by atoms with Crippen molar-refractivity contribution in [1.29, 1.82) is 0 Å². The highest BCUT2D eigenvalue weighted by Gasteiger charge is 2.31. The van der Waals surface area contributed by atoms with E-state index in [2.05, 4.69) is 77.9 Å². The van der Waals surface area contributed by atoms with Crippen LogP contribution in [0.3, 0.4) is 0 Å². The zero-order chi connectivity index (χ0) is 17.5. The first-order valence-electron chi connectivity index (χ1n) is 9.24. The van der Waals surface area contributed by atoms with Crippen molar-refractivity contribution in [1.82, 2.24) is 5.32 Å². The van der Waals surface area contributed by atoms with Gasteiger partial charge in [0.2, 0.25) is 0 Å². The van der Waals surface area contributed by atoms with E-state index in [1.807, 2.05) is 12.1 Å². The van der Waals surface area contributed by atoms with Crippen LogP contribution in [-0.4, -0.2) is 19.6 Å². The molecule has 2 atom stereocenters. The molecule has 4 aromatic rings. The Morgan fingerprint density at radius 3 is 2.54 bits per heavy atom. The third-order valence-corrected chi connectivity index (χ3v) is 5.61. The zero-order valence-electron chi connectivity index (χ0n) is 14.9. The lowest BCUT2D eigenvalue weighted by molar-refractivity contribution is 0.547. The zero-order valence-corrected chi connectivity index (χ0v) is 14.9. The minimum Gasteiger partial charge on any atom is -0.456 e. The number of hydrogen-bond donors (Lipinski definition) is 1. The van der Waals surface area contributed by atoms with Gasteiger partial charge in [-0.2, -0.15) is 0 Å². The van der Waals surface area contributed by atoms with E-state index in [1.54, 1.807) is 0 Å². The second-order valence-electron chi connectivity index (χ2n) is 7.09. The number of likely N-dealkylation sites (N-methyl/N-ethyl adjacent to an activating group) is 1. The van der Waals surface area contributed by atoms with Crippen molar-refractivity contribution in [3.8, 4) is 0 Å². The van der Waals surface area contributed by atoms with Gasteiger partial charge in [0.05, 0.1) is 6.04 Å². The highest BCUT2D eigenvalue weighted by molar-refractivity contribution is 6.05. The molecule has 1 aliphatic rings. The standard InChI is InChI=1S/C23H22N2O/c1-25(20-13-14-24-23(20)16-7-3-2-4-8-16)17-11-12-22-19(15-17)18-9-5-6-10-21(18)26-22/h2-12,15,20,23-24H,13-14H2,1H3/t20-,23-/m1/s1. The number of fused-ring (bicyclic) bond motifs is 3. The molecule has 0 saturated carbocycles. The molecule has 2 heterocycles. The molecule has 0 spiro atoms. The summed E-state index contributed by atoms with van der Waals surface area (Å²) in [5.74, 6) is 0. The normalized spacial score (nSPS) is 20.0. The summed E-state index contributed by atoms with van der Waals surface area (Å²) < 4.78 is 5.97. The van der Waals surface area contributed by atoms with Crippen LogP contribution in [0.2, 0.25) is 0 Å². The van der Waals surface area contributed by atoms with Gasteiger partial charge in [0, 0.05) is 29.5 Å². The Morgan fingerprint density at radius 2 is 1.65 bits per heavy atom. The molecular weight excluding hydrogens is 320 g/mol. The van der Waals surface area contributed by atoms with Gasteiger partial charge in [-0.05, 0) is 42.8 Å². The first kappa shape index (κ1) is 15.5. The Balaban J connectivity index is 1.53. The number of furan rings is 1. The molecule has 0 radical (unpaired) electrons. The van der Waals surface area contributed by atoms with Gasteiger partial charge < -0.3 is 14.6 Å². The molecule has 1 N–H and O–H groups in total. The van der Waals surface area contributed by atoms with Crippen LogP contribution in [0.4, 0.5) is 5.69 Å². The molecule has 3 heteroatoms. The van der Waals surface area contributed by atoms with Crippen molar-refractivity contribution in [2.24, 2.45) is 0 Å². The van der Waals surface area contributed by atoms with Gasteiger partial charge >= 0.3 is 0 Å². The molecule has 26 heavy (non-hydrogen) atoms. The van der Waals surface area contributed by atoms with Gasteiger partial charge in [-0.15, -0.1) is 0 Å². The SMILES string of the molecule is CN(c1ccc2oc3ccccc3c2c1)[C@@H]1CCN[C@@H]1c1ccccc1. The Hall–Kier alpha value is -2.78. The number of rotatable bonds is 3. The monoisotopic (exact) mass is 342 g/mol. The van der Waals surface area contributed by atoms with Crippen LogP contribution in [-0.2, 0) is 0 Å². The molecule has 0 unspecified atom stereocenters. The van der Waals surface area contributed by atoms with E-state index in [9.17, 15) is 0 Å². The third kappa shape index (κ3) is 2.47. The van der Waals surface area contributed by atoms with Crippen LogP contribution in [0.25, 0.3) is 21.9 Å². The summed E-state index contributed by atoms with van der Waals surface area (Å²) in [5.41, 5.74) is 4.50. The van der Waals surface area contributed by atoms with E-state index in [0.29, 0.717) is 12.1 Å². The fourth-order valence-corrected chi connectivity index (χ4v) is 4.23. The molecule has 0 amide bonds. The Morgan fingerprint density at radius 1 is 0.885 bits per heavy atom. The van der Waals surface area contributed by atoms with Gasteiger partial charge in [-0.3, -0.25) is 0 Å². The van der Waals surface area contributed by atoms with Crippen molar-refractivity contribution in [2.45, 2.75) is 18.5 Å².